The summed E-state index contributed by atoms with van der Waals surface area (Å²) >= 11 is 4.51. The lowest BCUT2D eigenvalue weighted by molar-refractivity contribution is -0.122. The predicted octanol–water partition coefficient (Wildman–Crippen LogP) is 3.82. The highest BCUT2D eigenvalue weighted by atomic mass is 79.9. The van der Waals surface area contributed by atoms with Crippen LogP contribution < -0.4 is 10.6 Å². The third kappa shape index (κ3) is 4.97. The van der Waals surface area contributed by atoms with Crippen molar-refractivity contribution in [2.24, 2.45) is 0 Å². The van der Waals surface area contributed by atoms with E-state index in [1.54, 1.807) is 19.1 Å². The largest absolute Gasteiger partial charge is 0.350 e. The van der Waals surface area contributed by atoms with Gasteiger partial charge in [0.15, 0.2) is 5.01 Å². The zero-order valence-corrected chi connectivity index (χ0v) is 15.7. The van der Waals surface area contributed by atoms with E-state index in [-0.39, 0.29) is 17.3 Å². The van der Waals surface area contributed by atoms with Crippen molar-refractivity contribution in [2.45, 2.75) is 39.3 Å². The quantitative estimate of drug-likeness (QED) is 0.818. The molecule has 0 bridgehead atoms. The monoisotopic (exact) mass is 400 g/mol. The first-order valence-electron chi connectivity index (χ1n) is 7.03. The summed E-state index contributed by atoms with van der Waals surface area (Å²) in [5.41, 5.74) is 0.0652. The van der Waals surface area contributed by atoms with E-state index in [9.17, 15) is 9.18 Å². The van der Waals surface area contributed by atoms with Gasteiger partial charge in [-0.25, -0.2) is 4.39 Å². The van der Waals surface area contributed by atoms with Crippen molar-refractivity contribution < 1.29 is 9.18 Å². The topological polar surface area (TPSA) is 66.9 Å². The van der Waals surface area contributed by atoms with Crippen LogP contribution in [-0.4, -0.2) is 27.7 Å². The average molecular weight is 401 g/mol. The van der Waals surface area contributed by atoms with Gasteiger partial charge in [0.25, 0.3) is 0 Å². The minimum absolute atomic E-state index is 0.136. The molecule has 1 heterocycles. The molecule has 0 aliphatic rings. The lowest BCUT2D eigenvalue weighted by Gasteiger charge is -2.23. The number of carbonyl (C=O) groups excluding carboxylic acids is 1. The SMILES string of the molecule is CC(Nc1nnc(-c2cc(Br)ccc2F)s1)C(=O)NC(C)(C)C. The maximum Gasteiger partial charge on any atom is 0.242 e. The lowest BCUT2D eigenvalue weighted by Crippen LogP contribution is -2.47. The molecule has 8 heteroatoms. The van der Waals surface area contributed by atoms with Crippen LogP contribution in [0.1, 0.15) is 27.7 Å². The third-order valence-electron chi connectivity index (χ3n) is 2.82. The Labute approximate surface area is 146 Å². The number of rotatable bonds is 4. The molecule has 2 N–H and O–H groups in total. The average Bonchev–Trinajstić information content (AvgIpc) is 2.88. The molecule has 1 aromatic heterocycles. The van der Waals surface area contributed by atoms with Crippen molar-refractivity contribution >= 4 is 38.3 Å². The Bertz CT molecular complexity index is 714. The molecule has 0 radical (unpaired) electrons. The summed E-state index contributed by atoms with van der Waals surface area (Å²) in [6, 6.07) is 4.17. The molecule has 1 amide bonds. The highest BCUT2D eigenvalue weighted by Crippen LogP contribution is 2.30. The number of anilines is 1. The Morgan fingerprint density at radius 2 is 2.04 bits per heavy atom. The molecule has 1 atom stereocenters. The summed E-state index contributed by atoms with van der Waals surface area (Å²) in [5.74, 6) is -0.502. The molecule has 23 heavy (non-hydrogen) atoms. The minimum Gasteiger partial charge on any atom is -0.350 e. The van der Waals surface area contributed by atoms with Crippen molar-refractivity contribution in [2.75, 3.05) is 5.32 Å². The van der Waals surface area contributed by atoms with Crippen LogP contribution in [0.5, 0.6) is 0 Å². The Balaban J connectivity index is 2.11. The van der Waals surface area contributed by atoms with Gasteiger partial charge in [-0.1, -0.05) is 27.3 Å². The van der Waals surface area contributed by atoms with Crippen molar-refractivity contribution in [1.29, 1.82) is 0 Å². The fourth-order valence-corrected chi connectivity index (χ4v) is 2.99. The summed E-state index contributed by atoms with van der Waals surface area (Å²) in [7, 11) is 0. The first-order chi connectivity index (χ1) is 10.7. The standard InChI is InChI=1S/C15H18BrFN4OS/c1-8(12(22)19-15(2,3)4)18-14-21-20-13(23-14)10-7-9(16)5-6-11(10)17/h5-8H,1-4H3,(H,18,21)(H,19,22). The predicted molar refractivity (Wildman–Crippen MR) is 94.0 cm³/mol. The van der Waals surface area contributed by atoms with E-state index in [0.29, 0.717) is 15.7 Å². The van der Waals surface area contributed by atoms with Gasteiger partial charge < -0.3 is 10.6 Å². The molecule has 124 valence electrons. The van der Waals surface area contributed by atoms with Crippen LogP contribution in [0.4, 0.5) is 9.52 Å². The number of nitrogens with one attached hydrogen (secondary N) is 2. The van der Waals surface area contributed by atoms with Crippen LogP contribution in [0.25, 0.3) is 10.6 Å². The molecule has 2 rings (SSSR count). The fourth-order valence-electron chi connectivity index (χ4n) is 1.78. The number of aromatic nitrogens is 2. The summed E-state index contributed by atoms with van der Waals surface area (Å²) in [6.45, 7) is 7.48. The molecule has 0 fully saturated rings. The molecule has 0 spiro atoms. The maximum absolute atomic E-state index is 13.9. The van der Waals surface area contributed by atoms with Gasteiger partial charge in [0.2, 0.25) is 11.0 Å². The van der Waals surface area contributed by atoms with Gasteiger partial charge >= 0.3 is 0 Å². The molecule has 2 aromatic rings. The molecule has 1 unspecified atom stereocenters. The molecule has 1 aromatic carbocycles. The molecular formula is C15H18BrFN4OS. The maximum atomic E-state index is 13.9. The molecular weight excluding hydrogens is 383 g/mol. The second-order valence-corrected chi connectivity index (χ2v) is 8.04. The summed E-state index contributed by atoms with van der Waals surface area (Å²) in [4.78, 5) is 12.1. The number of nitrogens with zero attached hydrogens (tertiary/aromatic N) is 2. The van der Waals surface area contributed by atoms with E-state index in [4.69, 9.17) is 0 Å². The van der Waals surface area contributed by atoms with Gasteiger partial charge in [-0.05, 0) is 45.9 Å². The first kappa shape index (κ1) is 17.8. The first-order valence-corrected chi connectivity index (χ1v) is 8.64. The van der Waals surface area contributed by atoms with Crippen LogP contribution in [0.3, 0.4) is 0 Å². The number of halogens is 2. The van der Waals surface area contributed by atoms with Crippen molar-refractivity contribution in [3.05, 3.63) is 28.5 Å². The van der Waals surface area contributed by atoms with Gasteiger partial charge in [0, 0.05) is 15.6 Å². The van der Waals surface area contributed by atoms with E-state index < -0.39 is 6.04 Å². The van der Waals surface area contributed by atoms with Crippen molar-refractivity contribution in [3.63, 3.8) is 0 Å². The van der Waals surface area contributed by atoms with E-state index in [0.717, 1.165) is 4.47 Å². The second-order valence-electron chi connectivity index (χ2n) is 6.14. The normalized spacial score (nSPS) is 12.8. The van der Waals surface area contributed by atoms with Gasteiger partial charge in [-0.2, -0.15) is 0 Å². The molecule has 0 saturated heterocycles. The van der Waals surface area contributed by atoms with Crippen LogP contribution in [0.15, 0.2) is 22.7 Å². The van der Waals surface area contributed by atoms with Gasteiger partial charge in [-0.3, -0.25) is 4.79 Å². The number of amides is 1. The summed E-state index contributed by atoms with van der Waals surface area (Å²) in [6.07, 6.45) is 0. The molecule has 0 aliphatic carbocycles. The van der Waals surface area contributed by atoms with Crippen molar-refractivity contribution in [3.8, 4) is 10.6 Å². The number of carbonyl (C=O) groups is 1. The summed E-state index contributed by atoms with van der Waals surface area (Å²) < 4.78 is 14.6. The Morgan fingerprint density at radius 3 is 2.70 bits per heavy atom. The minimum atomic E-state index is -0.470. The Hall–Kier alpha value is -1.54. The van der Waals surface area contributed by atoms with Gasteiger partial charge in [-0.15, -0.1) is 10.2 Å². The number of hydrogen-bond acceptors (Lipinski definition) is 5. The summed E-state index contributed by atoms with van der Waals surface area (Å²) in [5, 5.41) is 14.8. The van der Waals surface area contributed by atoms with E-state index in [1.807, 2.05) is 20.8 Å². The second kappa shape index (κ2) is 6.92. The van der Waals surface area contributed by atoms with Gasteiger partial charge in [0.05, 0.1) is 0 Å². The van der Waals surface area contributed by atoms with E-state index in [1.165, 1.54) is 17.4 Å². The van der Waals surface area contributed by atoms with E-state index >= 15 is 0 Å². The van der Waals surface area contributed by atoms with Crippen molar-refractivity contribution in [1.82, 2.24) is 15.5 Å². The van der Waals surface area contributed by atoms with E-state index in [2.05, 4.69) is 36.8 Å². The van der Waals surface area contributed by atoms with Crippen LogP contribution in [0, 0.1) is 5.82 Å². The highest BCUT2D eigenvalue weighted by Gasteiger charge is 2.20. The number of benzene rings is 1. The fraction of sp³-hybridized carbons (Fsp3) is 0.400. The molecule has 5 nitrogen and oxygen atoms in total. The zero-order chi connectivity index (χ0) is 17.2. The Morgan fingerprint density at radius 1 is 1.35 bits per heavy atom. The molecule has 0 aliphatic heterocycles. The highest BCUT2D eigenvalue weighted by molar-refractivity contribution is 9.10. The smallest absolute Gasteiger partial charge is 0.242 e. The number of hydrogen-bond donors (Lipinski definition) is 2. The van der Waals surface area contributed by atoms with Crippen LogP contribution in [-0.2, 0) is 4.79 Å². The third-order valence-corrected chi connectivity index (χ3v) is 4.20. The van der Waals surface area contributed by atoms with Crippen LogP contribution in [0.2, 0.25) is 0 Å². The van der Waals surface area contributed by atoms with Crippen LogP contribution >= 0.6 is 27.3 Å². The zero-order valence-electron chi connectivity index (χ0n) is 13.3. The van der Waals surface area contributed by atoms with Gasteiger partial charge in [0.1, 0.15) is 11.9 Å². The Kier molecular flexibility index (Phi) is 5.36. The lowest BCUT2D eigenvalue weighted by atomic mass is 10.1. The molecule has 0 saturated carbocycles.